The Morgan fingerprint density at radius 2 is 0.920 bits per heavy atom. The van der Waals surface area contributed by atoms with Crippen LogP contribution in [0.5, 0.6) is 0 Å². The van der Waals surface area contributed by atoms with Crippen LogP contribution in [0.4, 0.5) is 11.4 Å². The highest BCUT2D eigenvalue weighted by Crippen LogP contribution is 2.43. The van der Waals surface area contributed by atoms with Gasteiger partial charge in [0.05, 0.1) is 0 Å². The number of anilines is 2. The molecule has 4 aromatic carbocycles. The largest absolute Gasteiger partial charge is 0.388 e. The van der Waals surface area contributed by atoms with Crippen LogP contribution >= 0.6 is 13.5 Å². The van der Waals surface area contributed by atoms with Crippen molar-refractivity contribution in [2.45, 2.75) is 0 Å². The molecular formula is C22H22N2S. The van der Waals surface area contributed by atoms with Gasteiger partial charge in [-0.3, -0.25) is 0 Å². The Morgan fingerprint density at radius 1 is 0.520 bits per heavy atom. The number of hydrogen-bond acceptors (Lipinski definition) is 2. The number of rotatable bonds is 3. The molecule has 2 N–H and O–H groups in total. The summed E-state index contributed by atoms with van der Waals surface area (Å²) >= 11 is 0. The molecule has 0 saturated heterocycles. The lowest BCUT2D eigenvalue weighted by atomic mass is 9.91. The maximum atomic E-state index is 3.37. The molecule has 0 aliphatic rings. The van der Waals surface area contributed by atoms with Gasteiger partial charge in [-0.05, 0) is 33.7 Å². The Bertz CT molecular complexity index is 955. The maximum absolute atomic E-state index is 3.37. The third kappa shape index (κ3) is 2.81. The van der Waals surface area contributed by atoms with E-state index < -0.39 is 0 Å². The van der Waals surface area contributed by atoms with Gasteiger partial charge in [0.1, 0.15) is 0 Å². The average Bonchev–Trinajstić information content (AvgIpc) is 2.66. The van der Waals surface area contributed by atoms with Gasteiger partial charge in [-0.1, -0.05) is 60.7 Å². The third-order valence-corrected chi connectivity index (χ3v) is 4.65. The SMILES string of the molecule is CNc1ccc2ccccc2c1-c1c(NC)ccc2ccccc12.S. The summed E-state index contributed by atoms with van der Waals surface area (Å²) in [7, 11) is 3.97. The summed E-state index contributed by atoms with van der Waals surface area (Å²) in [5.41, 5.74) is 4.77. The molecule has 0 aromatic heterocycles. The molecular weight excluding hydrogens is 324 g/mol. The molecule has 0 heterocycles. The van der Waals surface area contributed by atoms with E-state index in [4.69, 9.17) is 0 Å². The maximum Gasteiger partial charge on any atom is 0.0424 e. The third-order valence-electron chi connectivity index (χ3n) is 4.65. The van der Waals surface area contributed by atoms with Crippen LogP contribution < -0.4 is 10.6 Å². The van der Waals surface area contributed by atoms with E-state index in [2.05, 4.69) is 83.4 Å². The highest BCUT2D eigenvalue weighted by atomic mass is 32.1. The van der Waals surface area contributed by atoms with Crippen LogP contribution in [-0.4, -0.2) is 14.1 Å². The van der Waals surface area contributed by atoms with Crippen LogP contribution in [0.25, 0.3) is 32.7 Å². The van der Waals surface area contributed by atoms with E-state index in [1.54, 1.807) is 0 Å². The van der Waals surface area contributed by atoms with Gasteiger partial charge in [0.2, 0.25) is 0 Å². The van der Waals surface area contributed by atoms with E-state index in [1.165, 1.54) is 32.7 Å². The van der Waals surface area contributed by atoms with Crippen LogP contribution in [0.2, 0.25) is 0 Å². The first-order valence-corrected chi connectivity index (χ1v) is 8.23. The molecule has 3 heteroatoms. The molecule has 0 fully saturated rings. The minimum absolute atomic E-state index is 0. The van der Waals surface area contributed by atoms with Crippen molar-refractivity contribution in [1.82, 2.24) is 0 Å². The molecule has 0 bridgehead atoms. The predicted molar refractivity (Wildman–Crippen MR) is 116 cm³/mol. The zero-order valence-corrected chi connectivity index (χ0v) is 15.4. The summed E-state index contributed by atoms with van der Waals surface area (Å²) in [6.07, 6.45) is 0. The van der Waals surface area contributed by atoms with Crippen LogP contribution in [0.1, 0.15) is 0 Å². The Labute approximate surface area is 155 Å². The first kappa shape index (κ1) is 17.2. The van der Waals surface area contributed by atoms with Crippen molar-refractivity contribution in [3.63, 3.8) is 0 Å². The Kier molecular flexibility index (Phi) is 4.86. The van der Waals surface area contributed by atoms with Crippen molar-refractivity contribution in [3.05, 3.63) is 72.8 Å². The van der Waals surface area contributed by atoms with Gasteiger partial charge < -0.3 is 10.6 Å². The van der Waals surface area contributed by atoms with E-state index in [1.807, 2.05) is 14.1 Å². The van der Waals surface area contributed by atoms with Crippen molar-refractivity contribution in [2.75, 3.05) is 24.7 Å². The fourth-order valence-corrected chi connectivity index (χ4v) is 3.50. The van der Waals surface area contributed by atoms with E-state index in [9.17, 15) is 0 Å². The molecule has 0 atom stereocenters. The monoisotopic (exact) mass is 346 g/mol. The van der Waals surface area contributed by atoms with Gasteiger partial charge in [-0.25, -0.2) is 0 Å². The summed E-state index contributed by atoms with van der Waals surface area (Å²) in [5, 5.41) is 11.8. The number of nitrogens with one attached hydrogen (secondary N) is 2. The molecule has 4 aromatic rings. The summed E-state index contributed by atoms with van der Waals surface area (Å²) in [6, 6.07) is 25.8. The molecule has 0 spiro atoms. The van der Waals surface area contributed by atoms with Crippen LogP contribution in [0.3, 0.4) is 0 Å². The smallest absolute Gasteiger partial charge is 0.0424 e. The number of benzene rings is 4. The molecule has 0 radical (unpaired) electrons. The molecule has 25 heavy (non-hydrogen) atoms. The average molecular weight is 346 g/mol. The number of fused-ring (bicyclic) bond motifs is 2. The van der Waals surface area contributed by atoms with Crippen LogP contribution in [0.15, 0.2) is 72.8 Å². The Balaban J connectivity index is 0.00000182. The number of hydrogen-bond donors (Lipinski definition) is 2. The van der Waals surface area contributed by atoms with Crippen molar-refractivity contribution in [2.24, 2.45) is 0 Å². The molecule has 2 nitrogen and oxygen atoms in total. The van der Waals surface area contributed by atoms with Crippen molar-refractivity contribution < 1.29 is 0 Å². The van der Waals surface area contributed by atoms with Crippen molar-refractivity contribution in [3.8, 4) is 11.1 Å². The second-order valence-electron chi connectivity index (χ2n) is 5.92. The molecule has 0 amide bonds. The Hall–Kier alpha value is -2.65. The minimum atomic E-state index is 0. The summed E-state index contributed by atoms with van der Waals surface area (Å²) in [5.74, 6) is 0. The molecule has 126 valence electrons. The van der Waals surface area contributed by atoms with E-state index >= 15 is 0 Å². The van der Waals surface area contributed by atoms with Gasteiger partial charge in [-0.2, -0.15) is 13.5 Å². The minimum Gasteiger partial charge on any atom is -0.388 e. The van der Waals surface area contributed by atoms with E-state index in [0.717, 1.165) is 11.4 Å². The predicted octanol–water partition coefficient (Wildman–Crippen LogP) is 5.86. The summed E-state index contributed by atoms with van der Waals surface area (Å²) in [4.78, 5) is 0. The molecule has 0 aliphatic heterocycles. The summed E-state index contributed by atoms with van der Waals surface area (Å²) in [6.45, 7) is 0. The van der Waals surface area contributed by atoms with Gasteiger partial charge in [0, 0.05) is 36.6 Å². The van der Waals surface area contributed by atoms with Gasteiger partial charge in [0.15, 0.2) is 0 Å². The van der Waals surface area contributed by atoms with E-state index in [0.29, 0.717) is 0 Å². The van der Waals surface area contributed by atoms with Gasteiger partial charge in [-0.15, -0.1) is 0 Å². The highest BCUT2D eigenvalue weighted by molar-refractivity contribution is 7.59. The molecule has 0 unspecified atom stereocenters. The first-order valence-electron chi connectivity index (χ1n) is 8.23. The fraction of sp³-hybridized carbons (Fsp3) is 0.0909. The lowest BCUT2D eigenvalue weighted by Crippen LogP contribution is -1.98. The van der Waals surface area contributed by atoms with Crippen LogP contribution in [0, 0.1) is 0 Å². The van der Waals surface area contributed by atoms with Crippen molar-refractivity contribution in [1.29, 1.82) is 0 Å². The topological polar surface area (TPSA) is 24.1 Å². The summed E-state index contributed by atoms with van der Waals surface area (Å²) < 4.78 is 0. The first-order chi connectivity index (χ1) is 11.8. The standard InChI is InChI=1S/C22H20N2.H2S/c1-23-19-13-11-15-7-3-5-9-17(15)21(19)22-18-10-6-4-8-16(18)12-14-20(22)24-2;/h3-14,23-24H,1-2H3;1H2. The van der Waals surface area contributed by atoms with Gasteiger partial charge >= 0.3 is 0 Å². The normalized spacial score (nSPS) is 10.5. The fourth-order valence-electron chi connectivity index (χ4n) is 3.50. The molecule has 0 aliphatic carbocycles. The molecule has 4 rings (SSSR count). The lowest BCUT2D eigenvalue weighted by molar-refractivity contribution is 1.50. The lowest BCUT2D eigenvalue weighted by Gasteiger charge is -2.18. The highest BCUT2D eigenvalue weighted by Gasteiger charge is 2.15. The van der Waals surface area contributed by atoms with Crippen LogP contribution in [-0.2, 0) is 0 Å². The van der Waals surface area contributed by atoms with E-state index in [-0.39, 0.29) is 13.5 Å². The molecule has 0 saturated carbocycles. The van der Waals surface area contributed by atoms with Crippen molar-refractivity contribution >= 4 is 46.4 Å². The zero-order chi connectivity index (χ0) is 16.5. The second-order valence-corrected chi connectivity index (χ2v) is 5.92. The quantitative estimate of drug-likeness (QED) is 0.486. The Morgan fingerprint density at radius 3 is 1.32 bits per heavy atom. The second kappa shape index (κ2) is 7.08. The zero-order valence-electron chi connectivity index (χ0n) is 14.4. The van der Waals surface area contributed by atoms with Gasteiger partial charge in [0.25, 0.3) is 0 Å².